The number of thiazole rings is 1. The van der Waals surface area contributed by atoms with Crippen molar-refractivity contribution in [2.24, 2.45) is 5.41 Å². The Hall–Kier alpha value is -0.410. The van der Waals surface area contributed by atoms with Gasteiger partial charge in [0.05, 0.1) is 0 Å². The summed E-state index contributed by atoms with van der Waals surface area (Å²) in [6.07, 6.45) is 1.16. The van der Waals surface area contributed by atoms with Crippen LogP contribution in [0.3, 0.4) is 0 Å². The lowest BCUT2D eigenvalue weighted by Crippen LogP contribution is -2.39. The van der Waals surface area contributed by atoms with E-state index in [9.17, 15) is 0 Å². The largest absolute Gasteiger partial charge is 0.307 e. The van der Waals surface area contributed by atoms with Crippen molar-refractivity contribution in [3.05, 3.63) is 16.1 Å². The highest BCUT2D eigenvalue weighted by Crippen LogP contribution is 2.22. The fourth-order valence-electron chi connectivity index (χ4n) is 1.76. The van der Waals surface area contributed by atoms with Gasteiger partial charge in [0, 0.05) is 23.7 Å². The highest BCUT2D eigenvalue weighted by molar-refractivity contribution is 7.09. The van der Waals surface area contributed by atoms with Crippen molar-refractivity contribution in [3.8, 4) is 0 Å². The van der Waals surface area contributed by atoms with Crippen molar-refractivity contribution < 1.29 is 0 Å². The number of hydrogen-bond donors (Lipinski definition) is 1. The maximum absolute atomic E-state index is 4.46. The molecule has 0 aromatic carbocycles. The van der Waals surface area contributed by atoms with Crippen molar-refractivity contribution in [3.63, 3.8) is 0 Å². The van der Waals surface area contributed by atoms with Crippen LogP contribution in [0.15, 0.2) is 5.38 Å². The average molecular weight is 226 g/mol. The van der Waals surface area contributed by atoms with E-state index in [2.05, 4.69) is 43.4 Å². The molecule has 0 aliphatic carbocycles. The minimum atomic E-state index is 0.320. The fourth-order valence-corrected chi connectivity index (χ4v) is 2.48. The Morgan fingerprint density at radius 3 is 2.53 bits per heavy atom. The molecule has 0 bridgehead atoms. The molecule has 0 saturated heterocycles. The van der Waals surface area contributed by atoms with Crippen LogP contribution >= 0.6 is 11.3 Å². The van der Waals surface area contributed by atoms with Gasteiger partial charge in [0.15, 0.2) is 0 Å². The van der Waals surface area contributed by atoms with E-state index in [0.717, 1.165) is 18.7 Å². The SMILES string of the molecule is CCC(NCc1nc(C)cs1)C(C)(C)C. The zero-order valence-electron chi connectivity index (χ0n) is 10.4. The second kappa shape index (κ2) is 5.08. The normalized spacial score (nSPS) is 14.2. The molecule has 0 aliphatic heterocycles. The van der Waals surface area contributed by atoms with Gasteiger partial charge in [-0.3, -0.25) is 0 Å². The maximum atomic E-state index is 4.46. The monoisotopic (exact) mass is 226 g/mol. The molecule has 2 nitrogen and oxygen atoms in total. The summed E-state index contributed by atoms with van der Waals surface area (Å²) in [5.41, 5.74) is 1.45. The van der Waals surface area contributed by atoms with Crippen molar-refractivity contribution in [1.29, 1.82) is 0 Å². The fraction of sp³-hybridized carbons (Fsp3) is 0.750. The molecule has 0 saturated carbocycles. The van der Waals surface area contributed by atoms with Gasteiger partial charge in [-0.2, -0.15) is 0 Å². The zero-order chi connectivity index (χ0) is 11.5. The molecule has 3 heteroatoms. The molecular weight excluding hydrogens is 204 g/mol. The number of nitrogens with one attached hydrogen (secondary N) is 1. The lowest BCUT2D eigenvalue weighted by atomic mass is 9.85. The molecule has 0 amide bonds. The first-order valence-corrected chi connectivity index (χ1v) is 6.46. The van der Waals surface area contributed by atoms with Gasteiger partial charge < -0.3 is 5.32 Å². The van der Waals surface area contributed by atoms with E-state index in [1.165, 1.54) is 5.01 Å². The molecule has 1 rings (SSSR count). The van der Waals surface area contributed by atoms with Crippen molar-refractivity contribution in [2.75, 3.05) is 0 Å². The third-order valence-corrected chi connectivity index (χ3v) is 3.59. The Balaban J connectivity index is 2.48. The van der Waals surface area contributed by atoms with Gasteiger partial charge in [-0.1, -0.05) is 27.7 Å². The molecular formula is C12H22N2S. The summed E-state index contributed by atoms with van der Waals surface area (Å²) in [5, 5.41) is 6.88. The molecule has 1 heterocycles. The molecule has 1 aromatic heterocycles. The Morgan fingerprint density at radius 1 is 1.47 bits per heavy atom. The number of nitrogens with zero attached hydrogens (tertiary/aromatic N) is 1. The predicted molar refractivity (Wildman–Crippen MR) is 67.2 cm³/mol. The van der Waals surface area contributed by atoms with Gasteiger partial charge in [-0.15, -0.1) is 11.3 Å². The Labute approximate surface area is 97.1 Å². The van der Waals surface area contributed by atoms with Gasteiger partial charge in [-0.25, -0.2) is 4.98 Å². The molecule has 0 fully saturated rings. The summed E-state index contributed by atoms with van der Waals surface area (Å²) < 4.78 is 0. The molecule has 15 heavy (non-hydrogen) atoms. The van der Waals surface area contributed by atoms with Gasteiger partial charge in [0.2, 0.25) is 0 Å². The Morgan fingerprint density at radius 2 is 2.13 bits per heavy atom. The number of hydrogen-bond acceptors (Lipinski definition) is 3. The molecule has 1 N–H and O–H groups in total. The first kappa shape index (κ1) is 12.7. The Bertz CT molecular complexity index is 299. The van der Waals surface area contributed by atoms with Gasteiger partial charge in [-0.05, 0) is 18.8 Å². The predicted octanol–water partition coefficient (Wildman–Crippen LogP) is 3.37. The quantitative estimate of drug-likeness (QED) is 0.851. The van der Waals surface area contributed by atoms with Crippen molar-refractivity contribution in [2.45, 2.75) is 53.6 Å². The summed E-state index contributed by atoms with van der Waals surface area (Å²) >= 11 is 1.74. The zero-order valence-corrected chi connectivity index (χ0v) is 11.2. The van der Waals surface area contributed by atoms with Crippen LogP contribution in [0.5, 0.6) is 0 Å². The van der Waals surface area contributed by atoms with Crippen molar-refractivity contribution in [1.82, 2.24) is 10.3 Å². The molecule has 1 unspecified atom stereocenters. The van der Waals surface area contributed by atoms with E-state index in [0.29, 0.717) is 11.5 Å². The third kappa shape index (κ3) is 3.92. The molecule has 1 aromatic rings. The molecule has 0 aliphatic rings. The van der Waals surface area contributed by atoms with Gasteiger partial charge >= 0.3 is 0 Å². The van der Waals surface area contributed by atoms with Crippen LogP contribution in [-0.4, -0.2) is 11.0 Å². The van der Waals surface area contributed by atoms with Crippen LogP contribution in [0.2, 0.25) is 0 Å². The summed E-state index contributed by atoms with van der Waals surface area (Å²) in [6.45, 7) is 12.0. The third-order valence-electron chi connectivity index (χ3n) is 2.62. The first-order chi connectivity index (χ1) is 6.93. The molecule has 1 atom stereocenters. The summed E-state index contributed by atoms with van der Waals surface area (Å²) in [5.74, 6) is 0. The second-order valence-corrected chi connectivity index (χ2v) is 6.03. The maximum Gasteiger partial charge on any atom is 0.107 e. The average Bonchev–Trinajstić information content (AvgIpc) is 2.50. The van der Waals surface area contributed by atoms with Crippen LogP contribution < -0.4 is 5.32 Å². The van der Waals surface area contributed by atoms with Crippen LogP contribution in [0.4, 0.5) is 0 Å². The highest BCUT2D eigenvalue weighted by Gasteiger charge is 2.22. The summed E-state index contributed by atoms with van der Waals surface area (Å²) in [7, 11) is 0. The van der Waals surface area contributed by atoms with Crippen LogP contribution in [0.1, 0.15) is 44.8 Å². The minimum Gasteiger partial charge on any atom is -0.307 e. The first-order valence-electron chi connectivity index (χ1n) is 5.58. The van der Waals surface area contributed by atoms with E-state index in [1.807, 2.05) is 6.92 Å². The topological polar surface area (TPSA) is 24.9 Å². The lowest BCUT2D eigenvalue weighted by Gasteiger charge is -2.30. The molecule has 0 radical (unpaired) electrons. The molecule has 86 valence electrons. The summed E-state index contributed by atoms with van der Waals surface area (Å²) in [6, 6.07) is 0.557. The standard InChI is InChI=1S/C12H22N2S/c1-6-10(12(3,4)5)13-7-11-14-9(2)8-15-11/h8,10,13H,6-7H2,1-5H3. The van der Waals surface area contributed by atoms with E-state index in [-0.39, 0.29) is 0 Å². The van der Waals surface area contributed by atoms with Gasteiger partial charge in [0.25, 0.3) is 0 Å². The number of rotatable bonds is 4. The second-order valence-electron chi connectivity index (χ2n) is 5.09. The number of aromatic nitrogens is 1. The van der Waals surface area contributed by atoms with E-state index in [4.69, 9.17) is 0 Å². The smallest absolute Gasteiger partial charge is 0.107 e. The van der Waals surface area contributed by atoms with Crippen LogP contribution in [0.25, 0.3) is 0 Å². The van der Waals surface area contributed by atoms with E-state index >= 15 is 0 Å². The van der Waals surface area contributed by atoms with E-state index < -0.39 is 0 Å². The van der Waals surface area contributed by atoms with Gasteiger partial charge in [0.1, 0.15) is 5.01 Å². The molecule has 0 spiro atoms. The summed E-state index contributed by atoms with van der Waals surface area (Å²) in [4.78, 5) is 4.46. The highest BCUT2D eigenvalue weighted by atomic mass is 32.1. The Kier molecular flexibility index (Phi) is 4.29. The number of aryl methyl sites for hydroxylation is 1. The van der Waals surface area contributed by atoms with Crippen molar-refractivity contribution >= 4 is 11.3 Å². The van der Waals surface area contributed by atoms with Crippen LogP contribution in [0, 0.1) is 12.3 Å². The lowest BCUT2D eigenvalue weighted by molar-refractivity contribution is 0.259. The van der Waals surface area contributed by atoms with Crippen LogP contribution in [-0.2, 0) is 6.54 Å². The van der Waals surface area contributed by atoms with E-state index in [1.54, 1.807) is 11.3 Å². The minimum absolute atomic E-state index is 0.320.